The summed E-state index contributed by atoms with van der Waals surface area (Å²) in [5.41, 5.74) is 2.09. The summed E-state index contributed by atoms with van der Waals surface area (Å²) in [5.74, 6) is -1.62. The van der Waals surface area contributed by atoms with Gasteiger partial charge >= 0.3 is 0 Å². The van der Waals surface area contributed by atoms with E-state index in [0.717, 1.165) is 5.69 Å². The minimum atomic E-state index is -2.71. The Labute approximate surface area is 135 Å². The van der Waals surface area contributed by atoms with Crippen molar-refractivity contribution in [1.82, 2.24) is 20.1 Å². The summed E-state index contributed by atoms with van der Waals surface area (Å²) in [6.07, 6.45) is 1.80. The van der Waals surface area contributed by atoms with E-state index in [0.29, 0.717) is 28.6 Å². The van der Waals surface area contributed by atoms with Gasteiger partial charge in [0, 0.05) is 11.8 Å². The highest BCUT2D eigenvalue weighted by atomic mass is 19.3. The maximum absolute atomic E-state index is 12.9. The Morgan fingerprint density at radius 2 is 2.00 bits per heavy atom. The number of halogens is 2. The van der Waals surface area contributed by atoms with Gasteiger partial charge in [-0.05, 0) is 31.2 Å². The smallest absolute Gasteiger partial charge is 0.288 e. The van der Waals surface area contributed by atoms with Gasteiger partial charge in [0.25, 0.3) is 11.8 Å². The minimum absolute atomic E-state index is 0.236. The molecule has 1 unspecified atom stereocenters. The maximum atomic E-state index is 12.9. The fraction of sp³-hybridized carbons (Fsp3) is 0.250. The fourth-order valence-electron chi connectivity index (χ4n) is 2.22. The summed E-state index contributed by atoms with van der Waals surface area (Å²) in [6, 6.07) is 6.57. The molecule has 1 saturated carbocycles. The van der Waals surface area contributed by atoms with E-state index in [9.17, 15) is 8.78 Å². The molecular weight excluding hydrogens is 318 g/mol. The van der Waals surface area contributed by atoms with E-state index < -0.39 is 12.0 Å². The zero-order valence-corrected chi connectivity index (χ0v) is 12.6. The standard InChI is InChI=1S/C16H12F2N4O2/c1-9-12(7-19-8-20-9)14-21-15(24-22-14)10-2-4-11(5-3-10)23-13-6-16(13,17)18/h2-5,7-8,13H,6H2,1H3. The van der Waals surface area contributed by atoms with Crippen molar-refractivity contribution in [2.24, 2.45) is 0 Å². The van der Waals surface area contributed by atoms with Crippen LogP contribution in [0.25, 0.3) is 22.8 Å². The molecule has 0 amide bonds. The number of hydrogen-bond donors (Lipinski definition) is 0. The summed E-state index contributed by atoms with van der Waals surface area (Å²) in [5, 5.41) is 3.93. The Hall–Kier alpha value is -2.90. The Bertz CT molecular complexity index is 880. The summed E-state index contributed by atoms with van der Waals surface area (Å²) in [7, 11) is 0. The van der Waals surface area contributed by atoms with Crippen molar-refractivity contribution in [3.63, 3.8) is 0 Å². The zero-order chi connectivity index (χ0) is 16.7. The number of ether oxygens (including phenoxy) is 1. The number of rotatable bonds is 4. The molecule has 1 aliphatic rings. The minimum Gasteiger partial charge on any atom is -0.484 e. The van der Waals surface area contributed by atoms with Crippen LogP contribution in [0.1, 0.15) is 12.1 Å². The lowest BCUT2D eigenvalue weighted by molar-refractivity contribution is 0.0665. The summed E-state index contributed by atoms with van der Waals surface area (Å²) in [6.45, 7) is 1.83. The first kappa shape index (κ1) is 14.7. The molecule has 0 bridgehead atoms. The van der Waals surface area contributed by atoms with Gasteiger partial charge in [0.2, 0.25) is 5.82 Å². The van der Waals surface area contributed by atoms with Gasteiger partial charge in [-0.25, -0.2) is 18.7 Å². The third-order valence-electron chi connectivity index (χ3n) is 3.73. The third kappa shape index (κ3) is 2.70. The maximum Gasteiger partial charge on any atom is 0.288 e. The van der Waals surface area contributed by atoms with Crippen molar-refractivity contribution in [2.45, 2.75) is 25.4 Å². The van der Waals surface area contributed by atoms with E-state index in [1.165, 1.54) is 6.33 Å². The zero-order valence-electron chi connectivity index (χ0n) is 12.6. The molecule has 0 N–H and O–H groups in total. The number of alkyl halides is 2. The van der Waals surface area contributed by atoms with Gasteiger partial charge in [0.05, 0.1) is 17.7 Å². The number of aryl methyl sites for hydroxylation is 1. The number of hydrogen-bond acceptors (Lipinski definition) is 6. The van der Waals surface area contributed by atoms with E-state index in [4.69, 9.17) is 9.26 Å². The van der Waals surface area contributed by atoms with Gasteiger partial charge in [-0.2, -0.15) is 4.98 Å². The molecule has 0 aliphatic heterocycles. The fourth-order valence-corrected chi connectivity index (χ4v) is 2.22. The van der Waals surface area contributed by atoms with Crippen LogP contribution in [0.2, 0.25) is 0 Å². The lowest BCUT2D eigenvalue weighted by Gasteiger charge is -2.04. The van der Waals surface area contributed by atoms with Gasteiger partial charge < -0.3 is 9.26 Å². The quantitative estimate of drug-likeness (QED) is 0.731. The molecule has 2 aromatic heterocycles. The van der Waals surface area contributed by atoms with Crippen LogP contribution in [-0.2, 0) is 0 Å². The van der Waals surface area contributed by atoms with Crippen LogP contribution in [0.4, 0.5) is 8.78 Å². The third-order valence-corrected chi connectivity index (χ3v) is 3.73. The average molecular weight is 330 g/mol. The van der Waals surface area contributed by atoms with Crippen LogP contribution in [0, 0.1) is 6.92 Å². The first-order valence-electron chi connectivity index (χ1n) is 7.28. The lowest BCUT2D eigenvalue weighted by atomic mass is 10.2. The van der Waals surface area contributed by atoms with Gasteiger partial charge in [-0.15, -0.1) is 0 Å². The number of nitrogens with zero attached hydrogens (tertiary/aromatic N) is 4. The Morgan fingerprint density at radius 1 is 1.25 bits per heavy atom. The molecule has 6 nitrogen and oxygen atoms in total. The monoisotopic (exact) mass is 330 g/mol. The summed E-state index contributed by atoms with van der Waals surface area (Å²) < 4.78 is 36.1. The second-order valence-corrected chi connectivity index (χ2v) is 5.54. The number of aromatic nitrogens is 4. The second-order valence-electron chi connectivity index (χ2n) is 5.54. The van der Waals surface area contributed by atoms with E-state index in [1.807, 2.05) is 6.92 Å². The van der Waals surface area contributed by atoms with Gasteiger partial charge in [0.15, 0.2) is 6.10 Å². The molecule has 24 heavy (non-hydrogen) atoms. The van der Waals surface area contributed by atoms with E-state index in [2.05, 4.69) is 20.1 Å². The molecule has 122 valence electrons. The van der Waals surface area contributed by atoms with Crippen LogP contribution < -0.4 is 4.74 Å². The summed E-state index contributed by atoms with van der Waals surface area (Å²) in [4.78, 5) is 12.4. The second kappa shape index (κ2) is 5.33. The van der Waals surface area contributed by atoms with E-state index >= 15 is 0 Å². The highest BCUT2D eigenvalue weighted by Gasteiger charge is 2.59. The largest absolute Gasteiger partial charge is 0.484 e. The molecule has 1 fully saturated rings. The Morgan fingerprint density at radius 3 is 2.67 bits per heavy atom. The van der Waals surface area contributed by atoms with Gasteiger partial charge in [-0.3, -0.25) is 0 Å². The molecule has 0 spiro atoms. The van der Waals surface area contributed by atoms with Crippen molar-refractivity contribution < 1.29 is 18.0 Å². The molecule has 0 radical (unpaired) electrons. The normalized spacial score (nSPS) is 18.4. The van der Waals surface area contributed by atoms with E-state index in [-0.39, 0.29) is 6.42 Å². The Kier molecular flexibility index (Phi) is 3.26. The van der Waals surface area contributed by atoms with Crippen molar-refractivity contribution in [2.75, 3.05) is 0 Å². The first-order chi connectivity index (χ1) is 11.5. The molecule has 1 aliphatic carbocycles. The van der Waals surface area contributed by atoms with Crippen molar-refractivity contribution in [3.8, 4) is 28.6 Å². The topological polar surface area (TPSA) is 73.9 Å². The Balaban J connectivity index is 1.53. The van der Waals surface area contributed by atoms with Crippen molar-refractivity contribution >= 4 is 0 Å². The molecule has 8 heteroatoms. The predicted octanol–water partition coefficient (Wildman–Crippen LogP) is 3.29. The van der Waals surface area contributed by atoms with Crippen LogP contribution in [0.3, 0.4) is 0 Å². The SMILES string of the molecule is Cc1ncncc1-c1noc(-c2ccc(OC3CC3(F)F)cc2)n1. The van der Waals surface area contributed by atoms with Crippen molar-refractivity contribution in [3.05, 3.63) is 42.5 Å². The summed E-state index contributed by atoms with van der Waals surface area (Å²) >= 11 is 0. The first-order valence-corrected chi connectivity index (χ1v) is 7.28. The van der Waals surface area contributed by atoms with Crippen LogP contribution >= 0.6 is 0 Å². The predicted molar refractivity (Wildman–Crippen MR) is 79.5 cm³/mol. The molecule has 1 aromatic carbocycles. The average Bonchev–Trinajstić information content (AvgIpc) is 2.98. The molecule has 2 heterocycles. The molecular formula is C16H12F2N4O2. The van der Waals surface area contributed by atoms with E-state index in [1.54, 1.807) is 30.5 Å². The molecule has 1 atom stereocenters. The lowest BCUT2D eigenvalue weighted by Crippen LogP contribution is -2.06. The van der Waals surface area contributed by atoms with Gasteiger partial charge in [0.1, 0.15) is 12.1 Å². The highest BCUT2D eigenvalue weighted by molar-refractivity contribution is 5.61. The highest BCUT2D eigenvalue weighted by Crippen LogP contribution is 2.44. The molecule has 3 aromatic rings. The van der Waals surface area contributed by atoms with Crippen LogP contribution in [0.5, 0.6) is 5.75 Å². The van der Waals surface area contributed by atoms with Gasteiger partial charge in [-0.1, -0.05) is 5.16 Å². The molecule has 0 saturated heterocycles. The molecule has 4 rings (SSSR count). The van der Waals surface area contributed by atoms with Crippen molar-refractivity contribution in [1.29, 1.82) is 0 Å². The van der Waals surface area contributed by atoms with Crippen LogP contribution in [-0.4, -0.2) is 32.1 Å². The number of benzene rings is 1. The van der Waals surface area contributed by atoms with Crippen LogP contribution in [0.15, 0.2) is 41.3 Å².